The van der Waals surface area contributed by atoms with E-state index in [2.05, 4.69) is 49.4 Å². The van der Waals surface area contributed by atoms with E-state index < -0.39 is 0 Å². The number of hydrogen-bond donors (Lipinski definition) is 1. The molecule has 0 radical (unpaired) electrons. The zero-order valence-corrected chi connectivity index (χ0v) is 11.6. The second-order valence-corrected chi connectivity index (χ2v) is 4.51. The molecule has 96 valence electrons. The number of nitrogens with one attached hydrogen (secondary N) is 1. The Kier molecular flexibility index (Phi) is 5.42. The Morgan fingerprint density at radius 2 is 2.06 bits per heavy atom. The summed E-state index contributed by atoms with van der Waals surface area (Å²) in [5.74, 6) is 0. The summed E-state index contributed by atoms with van der Waals surface area (Å²) < 4.78 is 2.09. The van der Waals surface area contributed by atoms with Crippen molar-refractivity contribution in [3.63, 3.8) is 0 Å². The first-order valence-electron chi connectivity index (χ1n) is 6.50. The van der Waals surface area contributed by atoms with E-state index in [-0.39, 0.29) is 0 Å². The minimum atomic E-state index is 0.852. The summed E-state index contributed by atoms with van der Waals surface area (Å²) in [4.78, 5) is 0. The Morgan fingerprint density at radius 1 is 1.35 bits per heavy atom. The number of hydrogen-bond acceptors (Lipinski definition) is 2. The number of aromatic nitrogens is 2. The van der Waals surface area contributed by atoms with E-state index >= 15 is 0 Å². The van der Waals surface area contributed by atoms with Gasteiger partial charge >= 0.3 is 0 Å². The number of aryl methyl sites for hydroxylation is 1. The van der Waals surface area contributed by atoms with Gasteiger partial charge in [-0.25, -0.2) is 0 Å². The zero-order valence-electron chi connectivity index (χ0n) is 11.6. The van der Waals surface area contributed by atoms with Gasteiger partial charge in [-0.3, -0.25) is 4.68 Å². The maximum absolute atomic E-state index is 4.60. The molecular weight excluding hydrogens is 210 g/mol. The quantitative estimate of drug-likeness (QED) is 0.581. The number of likely N-dealkylation sites (N-methyl/N-ethyl adjacent to an activating group) is 1. The van der Waals surface area contributed by atoms with Gasteiger partial charge in [0, 0.05) is 5.69 Å². The molecule has 3 heteroatoms. The highest BCUT2D eigenvalue weighted by Gasteiger charge is 2.11. The van der Waals surface area contributed by atoms with Gasteiger partial charge in [0.1, 0.15) is 0 Å². The molecule has 0 atom stereocenters. The number of nitrogens with zero attached hydrogens (tertiary/aromatic N) is 2. The van der Waals surface area contributed by atoms with Crippen LogP contribution in [0.4, 0.5) is 0 Å². The van der Waals surface area contributed by atoms with Crippen molar-refractivity contribution >= 4 is 0 Å². The van der Waals surface area contributed by atoms with Gasteiger partial charge in [0.15, 0.2) is 0 Å². The third kappa shape index (κ3) is 3.70. The van der Waals surface area contributed by atoms with Crippen LogP contribution in [0, 0.1) is 13.8 Å². The third-order valence-corrected chi connectivity index (χ3v) is 3.21. The van der Waals surface area contributed by atoms with Crippen molar-refractivity contribution in [3.8, 4) is 0 Å². The molecule has 0 saturated heterocycles. The highest BCUT2D eigenvalue weighted by molar-refractivity contribution is 5.25. The molecule has 1 aromatic rings. The Labute approximate surface area is 105 Å². The van der Waals surface area contributed by atoms with Crippen molar-refractivity contribution < 1.29 is 0 Å². The van der Waals surface area contributed by atoms with Crippen LogP contribution in [0.15, 0.2) is 12.2 Å². The summed E-state index contributed by atoms with van der Waals surface area (Å²) in [6.07, 6.45) is 2.08. The van der Waals surface area contributed by atoms with Crippen molar-refractivity contribution in [2.24, 2.45) is 0 Å². The number of allylic oxidation sites excluding steroid dienone is 1. The molecule has 0 fully saturated rings. The van der Waals surface area contributed by atoms with Crippen LogP contribution in [0.5, 0.6) is 0 Å². The fraction of sp³-hybridized carbons (Fsp3) is 0.643. The predicted molar refractivity (Wildman–Crippen MR) is 73.4 cm³/mol. The molecule has 0 aliphatic heterocycles. The van der Waals surface area contributed by atoms with Gasteiger partial charge in [0.25, 0.3) is 0 Å². The Morgan fingerprint density at radius 3 is 2.65 bits per heavy atom. The highest BCUT2D eigenvalue weighted by atomic mass is 15.3. The average Bonchev–Trinajstić information content (AvgIpc) is 2.56. The molecule has 1 heterocycles. The van der Waals surface area contributed by atoms with E-state index in [1.165, 1.54) is 16.8 Å². The second kappa shape index (κ2) is 6.60. The standard InChI is InChI=1S/C14H25N3/c1-6-11(3)10-17-13(5)14(12(4)16-17)8-9-15-7-2/h15H,3,6-10H2,1-2,4-5H3. The highest BCUT2D eigenvalue weighted by Crippen LogP contribution is 2.15. The first-order chi connectivity index (χ1) is 8.10. The zero-order chi connectivity index (χ0) is 12.8. The molecule has 0 unspecified atom stereocenters. The largest absolute Gasteiger partial charge is 0.317 e. The fourth-order valence-electron chi connectivity index (χ4n) is 1.96. The summed E-state index contributed by atoms with van der Waals surface area (Å²) in [5.41, 5.74) is 5.06. The first kappa shape index (κ1) is 14.0. The normalized spacial score (nSPS) is 10.8. The van der Waals surface area contributed by atoms with E-state index in [1.807, 2.05) is 0 Å². The molecule has 0 aliphatic carbocycles. The van der Waals surface area contributed by atoms with Gasteiger partial charge in [-0.15, -0.1) is 0 Å². The molecule has 17 heavy (non-hydrogen) atoms. The Balaban J connectivity index is 2.75. The monoisotopic (exact) mass is 235 g/mol. The summed E-state index contributed by atoms with van der Waals surface area (Å²) in [5, 5.41) is 7.96. The van der Waals surface area contributed by atoms with E-state index in [4.69, 9.17) is 0 Å². The van der Waals surface area contributed by atoms with Crippen LogP contribution in [-0.4, -0.2) is 22.9 Å². The molecular formula is C14H25N3. The van der Waals surface area contributed by atoms with Gasteiger partial charge in [-0.05, 0) is 45.3 Å². The SMILES string of the molecule is C=C(CC)Cn1nc(C)c(CCNCC)c1C. The van der Waals surface area contributed by atoms with E-state index in [1.54, 1.807) is 0 Å². The second-order valence-electron chi connectivity index (χ2n) is 4.51. The van der Waals surface area contributed by atoms with Crippen LogP contribution in [0.2, 0.25) is 0 Å². The molecule has 0 spiro atoms. The average molecular weight is 235 g/mol. The first-order valence-corrected chi connectivity index (χ1v) is 6.50. The molecule has 0 aliphatic rings. The van der Waals surface area contributed by atoms with E-state index in [9.17, 15) is 0 Å². The van der Waals surface area contributed by atoms with Crippen molar-refractivity contribution in [2.45, 2.75) is 47.1 Å². The lowest BCUT2D eigenvalue weighted by atomic mass is 10.1. The fourth-order valence-corrected chi connectivity index (χ4v) is 1.96. The lowest BCUT2D eigenvalue weighted by Gasteiger charge is -2.06. The van der Waals surface area contributed by atoms with Gasteiger partial charge < -0.3 is 5.32 Å². The summed E-state index contributed by atoms with van der Waals surface area (Å²) in [6, 6.07) is 0. The topological polar surface area (TPSA) is 29.9 Å². The van der Waals surface area contributed by atoms with Crippen LogP contribution in [0.1, 0.15) is 37.2 Å². The van der Waals surface area contributed by atoms with Crippen molar-refractivity contribution in [3.05, 3.63) is 29.1 Å². The molecule has 1 aromatic heterocycles. The van der Waals surface area contributed by atoms with Crippen LogP contribution in [0.25, 0.3) is 0 Å². The molecule has 0 saturated carbocycles. The third-order valence-electron chi connectivity index (χ3n) is 3.21. The Hall–Kier alpha value is -1.09. The van der Waals surface area contributed by atoms with E-state index in [0.717, 1.165) is 38.2 Å². The number of rotatable bonds is 7. The molecule has 3 nitrogen and oxygen atoms in total. The molecule has 1 N–H and O–H groups in total. The summed E-state index contributed by atoms with van der Waals surface area (Å²) in [6.45, 7) is 15.5. The van der Waals surface area contributed by atoms with Crippen LogP contribution >= 0.6 is 0 Å². The van der Waals surface area contributed by atoms with Crippen LogP contribution < -0.4 is 5.32 Å². The predicted octanol–water partition coefficient (Wildman–Crippen LogP) is 2.62. The van der Waals surface area contributed by atoms with Crippen LogP contribution in [0.3, 0.4) is 0 Å². The molecule has 1 rings (SSSR count). The maximum Gasteiger partial charge on any atom is 0.0629 e. The lowest BCUT2D eigenvalue weighted by molar-refractivity contribution is 0.638. The molecule has 0 amide bonds. The minimum Gasteiger partial charge on any atom is -0.317 e. The minimum absolute atomic E-state index is 0.852. The van der Waals surface area contributed by atoms with Crippen molar-refractivity contribution in [1.29, 1.82) is 0 Å². The van der Waals surface area contributed by atoms with E-state index in [0.29, 0.717) is 0 Å². The Bertz CT molecular complexity index is 377. The van der Waals surface area contributed by atoms with Gasteiger partial charge in [0.05, 0.1) is 12.2 Å². The van der Waals surface area contributed by atoms with Crippen LogP contribution in [-0.2, 0) is 13.0 Å². The van der Waals surface area contributed by atoms with Gasteiger partial charge in [-0.1, -0.05) is 26.0 Å². The smallest absolute Gasteiger partial charge is 0.0629 e. The summed E-state index contributed by atoms with van der Waals surface area (Å²) in [7, 11) is 0. The molecule has 0 aromatic carbocycles. The van der Waals surface area contributed by atoms with Crippen molar-refractivity contribution in [1.82, 2.24) is 15.1 Å². The van der Waals surface area contributed by atoms with Gasteiger partial charge in [-0.2, -0.15) is 5.10 Å². The van der Waals surface area contributed by atoms with Crippen molar-refractivity contribution in [2.75, 3.05) is 13.1 Å². The molecule has 0 bridgehead atoms. The maximum atomic E-state index is 4.60. The lowest BCUT2D eigenvalue weighted by Crippen LogP contribution is -2.16. The van der Waals surface area contributed by atoms with Gasteiger partial charge in [0.2, 0.25) is 0 Å². The summed E-state index contributed by atoms with van der Waals surface area (Å²) >= 11 is 0.